The quantitative estimate of drug-likeness (QED) is 0.802. The topological polar surface area (TPSA) is 87.8 Å². The van der Waals surface area contributed by atoms with Crippen LogP contribution in [0.25, 0.3) is 11.2 Å². The summed E-state index contributed by atoms with van der Waals surface area (Å²) in [5.74, 6) is 0.783. The number of nitrogens with zero attached hydrogens (tertiary/aromatic N) is 4. The number of nitrogens with two attached hydrogens (primary N) is 1. The van der Waals surface area contributed by atoms with Crippen LogP contribution in [0.3, 0.4) is 0 Å². The first kappa shape index (κ1) is 13.5. The monoisotopic (exact) mass is 265 g/mol. The molecule has 7 heteroatoms. The average molecular weight is 265 g/mol. The van der Waals surface area contributed by atoms with Gasteiger partial charge in [-0.25, -0.2) is 9.78 Å². The highest BCUT2D eigenvalue weighted by Gasteiger charge is 2.18. The third-order valence-corrected chi connectivity index (χ3v) is 3.29. The van der Waals surface area contributed by atoms with Crippen molar-refractivity contribution in [1.82, 2.24) is 18.7 Å². The Labute approximate surface area is 110 Å². The van der Waals surface area contributed by atoms with E-state index in [4.69, 9.17) is 5.73 Å². The Morgan fingerprint density at radius 1 is 1.21 bits per heavy atom. The highest BCUT2D eigenvalue weighted by atomic mass is 16.2. The molecule has 2 aromatic heterocycles. The van der Waals surface area contributed by atoms with E-state index in [1.165, 1.54) is 11.6 Å². The van der Waals surface area contributed by atoms with Gasteiger partial charge in [0.1, 0.15) is 5.82 Å². The summed E-state index contributed by atoms with van der Waals surface area (Å²) < 4.78 is 4.46. The summed E-state index contributed by atoms with van der Waals surface area (Å²) in [5.41, 5.74) is 5.87. The van der Waals surface area contributed by atoms with Crippen LogP contribution in [0.4, 0.5) is 0 Å². The molecule has 2 heterocycles. The van der Waals surface area contributed by atoms with Crippen molar-refractivity contribution >= 4 is 11.2 Å². The second-order valence-corrected chi connectivity index (χ2v) is 4.39. The van der Waals surface area contributed by atoms with Crippen LogP contribution < -0.4 is 17.0 Å². The van der Waals surface area contributed by atoms with Gasteiger partial charge >= 0.3 is 5.69 Å². The molecular weight excluding hydrogens is 246 g/mol. The molecule has 2 N–H and O–H groups in total. The van der Waals surface area contributed by atoms with Crippen molar-refractivity contribution in [3.8, 4) is 0 Å². The number of aromatic nitrogens is 4. The van der Waals surface area contributed by atoms with Crippen LogP contribution in [0.2, 0.25) is 0 Å². The number of hydrogen-bond acceptors (Lipinski definition) is 4. The van der Waals surface area contributed by atoms with Crippen LogP contribution in [0.5, 0.6) is 0 Å². The van der Waals surface area contributed by atoms with E-state index in [2.05, 4.69) is 4.98 Å². The summed E-state index contributed by atoms with van der Waals surface area (Å²) in [5, 5.41) is 0. The molecule has 0 bridgehead atoms. The highest BCUT2D eigenvalue weighted by molar-refractivity contribution is 5.71. The summed E-state index contributed by atoms with van der Waals surface area (Å²) in [7, 11) is 1.49. The Morgan fingerprint density at radius 3 is 2.42 bits per heavy atom. The van der Waals surface area contributed by atoms with E-state index in [0.717, 1.165) is 10.4 Å². The zero-order valence-electron chi connectivity index (χ0n) is 11.5. The summed E-state index contributed by atoms with van der Waals surface area (Å²) in [6.07, 6.45) is 0.690. The average Bonchev–Trinajstić information content (AvgIpc) is 2.76. The SMILES string of the molecule is CCc1nc2c(c(=O)n(C)c(=O)n2CC)n1CCN. The lowest BCUT2D eigenvalue weighted by Gasteiger charge is -2.08. The fourth-order valence-electron chi connectivity index (χ4n) is 2.33. The molecule has 0 spiro atoms. The molecule has 0 amide bonds. The minimum atomic E-state index is -0.333. The number of fused-ring (bicyclic) bond motifs is 1. The Balaban J connectivity index is 3.00. The highest BCUT2D eigenvalue weighted by Crippen LogP contribution is 2.11. The summed E-state index contributed by atoms with van der Waals surface area (Å²) >= 11 is 0. The zero-order chi connectivity index (χ0) is 14.2. The van der Waals surface area contributed by atoms with E-state index < -0.39 is 0 Å². The van der Waals surface area contributed by atoms with Gasteiger partial charge in [-0.15, -0.1) is 0 Å². The fraction of sp³-hybridized carbons (Fsp3) is 0.583. The van der Waals surface area contributed by atoms with Crippen LogP contribution in [-0.4, -0.2) is 25.2 Å². The maximum Gasteiger partial charge on any atom is 0.332 e. The summed E-state index contributed by atoms with van der Waals surface area (Å²) in [6.45, 7) is 5.25. The number of hydrogen-bond donors (Lipinski definition) is 1. The second kappa shape index (κ2) is 5.00. The van der Waals surface area contributed by atoms with Gasteiger partial charge in [0.05, 0.1) is 0 Å². The molecule has 0 saturated carbocycles. The van der Waals surface area contributed by atoms with E-state index in [9.17, 15) is 9.59 Å². The van der Waals surface area contributed by atoms with Gasteiger partial charge in [-0.05, 0) is 6.92 Å². The first-order valence-electron chi connectivity index (χ1n) is 6.45. The van der Waals surface area contributed by atoms with Crippen molar-refractivity contribution in [2.24, 2.45) is 12.8 Å². The van der Waals surface area contributed by atoms with Gasteiger partial charge in [0.2, 0.25) is 0 Å². The van der Waals surface area contributed by atoms with Crippen molar-refractivity contribution in [2.45, 2.75) is 33.4 Å². The Hall–Kier alpha value is -1.89. The fourth-order valence-corrected chi connectivity index (χ4v) is 2.33. The predicted octanol–water partition coefficient (Wildman–Crippen LogP) is -0.562. The van der Waals surface area contributed by atoms with Crippen molar-refractivity contribution in [2.75, 3.05) is 6.54 Å². The number of aryl methyl sites for hydroxylation is 2. The molecule has 0 fully saturated rings. The summed E-state index contributed by atoms with van der Waals surface area (Å²) in [6, 6.07) is 0. The molecule has 0 aromatic carbocycles. The van der Waals surface area contributed by atoms with Crippen molar-refractivity contribution < 1.29 is 0 Å². The molecule has 0 unspecified atom stereocenters. The van der Waals surface area contributed by atoms with Crippen LogP contribution in [0.1, 0.15) is 19.7 Å². The molecule has 2 aromatic rings. The number of imidazole rings is 1. The van der Waals surface area contributed by atoms with Crippen LogP contribution in [0, 0.1) is 0 Å². The number of rotatable bonds is 4. The van der Waals surface area contributed by atoms with Gasteiger partial charge < -0.3 is 10.3 Å². The first-order valence-corrected chi connectivity index (χ1v) is 6.45. The van der Waals surface area contributed by atoms with Crippen LogP contribution in [0.15, 0.2) is 9.59 Å². The molecule has 104 valence electrons. The molecule has 0 aliphatic carbocycles. The van der Waals surface area contributed by atoms with E-state index in [1.54, 1.807) is 0 Å². The van der Waals surface area contributed by atoms with E-state index in [1.807, 2.05) is 18.4 Å². The summed E-state index contributed by atoms with van der Waals surface area (Å²) in [4.78, 5) is 28.8. The van der Waals surface area contributed by atoms with Crippen molar-refractivity contribution in [3.63, 3.8) is 0 Å². The third-order valence-electron chi connectivity index (χ3n) is 3.29. The molecule has 0 saturated heterocycles. The lowest BCUT2D eigenvalue weighted by molar-refractivity contribution is 0.645. The normalized spacial score (nSPS) is 11.4. The molecule has 2 rings (SSSR count). The van der Waals surface area contributed by atoms with Gasteiger partial charge in [0, 0.05) is 33.1 Å². The first-order chi connectivity index (χ1) is 9.06. The van der Waals surface area contributed by atoms with E-state index >= 15 is 0 Å². The maximum atomic E-state index is 12.3. The lowest BCUT2D eigenvalue weighted by Crippen LogP contribution is -2.38. The predicted molar refractivity (Wildman–Crippen MR) is 73.3 cm³/mol. The molecule has 0 aliphatic rings. The largest absolute Gasteiger partial charge is 0.332 e. The van der Waals surface area contributed by atoms with Gasteiger partial charge in [0.25, 0.3) is 5.56 Å². The molecule has 0 aliphatic heterocycles. The van der Waals surface area contributed by atoms with Gasteiger partial charge in [-0.3, -0.25) is 13.9 Å². The maximum absolute atomic E-state index is 12.3. The van der Waals surface area contributed by atoms with Gasteiger partial charge in [0.15, 0.2) is 11.2 Å². The Bertz CT molecular complexity index is 722. The van der Waals surface area contributed by atoms with E-state index in [-0.39, 0.29) is 11.2 Å². The van der Waals surface area contributed by atoms with Gasteiger partial charge in [-0.1, -0.05) is 6.92 Å². The zero-order valence-corrected chi connectivity index (χ0v) is 11.5. The molecular formula is C12H19N5O2. The standard InChI is InChI=1S/C12H19N5O2/c1-4-8-14-10-9(17(8)7-6-13)11(18)15(3)12(19)16(10)5-2/h4-7,13H2,1-3H3. The van der Waals surface area contributed by atoms with Crippen LogP contribution in [-0.2, 0) is 26.6 Å². The van der Waals surface area contributed by atoms with E-state index in [0.29, 0.717) is 37.2 Å². The molecule has 0 atom stereocenters. The third kappa shape index (κ3) is 1.90. The Kier molecular flexibility index (Phi) is 3.57. The Morgan fingerprint density at radius 2 is 1.89 bits per heavy atom. The molecule has 0 radical (unpaired) electrons. The van der Waals surface area contributed by atoms with Gasteiger partial charge in [-0.2, -0.15) is 0 Å². The minimum absolute atomic E-state index is 0.314. The molecule has 7 nitrogen and oxygen atoms in total. The minimum Gasteiger partial charge on any atom is -0.329 e. The smallest absolute Gasteiger partial charge is 0.329 e. The van der Waals surface area contributed by atoms with Crippen molar-refractivity contribution in [1.29, 1.82) is 0 Å². The van der Waals surface area contributed by atoms with Crippen LogP contribution >= 0.6 is 0 Å². The molecule has 19 heavy (non-hydrogen) atoms. The lowest BCUT2D eigenvalue weighted by atomic mass is 10.4. The van der Waals surface area contributed by atoms with Crippen molar-refractivity contribution in [3.05, 3.63) is 26.7 Å². The second-order valence-electron chi connectivity index (χ2n) is 4.39.